The first-order chi connectivity index (χ1) is 9.89. The van der Waals surface area contributed by atoms with Gasteiger partial charge in [-0.15, -0.1) is 0 Å². The third-order valence-corrected chi connectivity index (χ3v) is 4.21. The molecule has 0 saturated heterocycles. The molecule has 0 aliphatic rings. The molecule has 118 valence electrons. The van der Waals surface area contributed by atoms with E-state index in [0.717, 1.165) is 0 Å². The Morgan fingerprint density at radius 2 is 2.00 bits per heavy atom. The first-order valence-electron chi connectivity index (χ1n) is 6.55. The first-order valence-corrected chi connectivity index (χ1v) is 8.58. The third-order valence-electron chi connectivity index (χ3n) is 2.44. The van der Waals surface area contributed by atoms with Crippen molar-refractivity contribution in [3.8, 4) is 0 Å². The van der Waals surface area contributed by atoms with E-state index in [1.54, 1.807) is 19.1 Å². The lowest BCUT2D eigenvalue weighted by Crippen LogP contribution is -2.34. The molecule has 0 aliphatic heterocycles. The molecule has 0 atom stereocenters. The molecule has 0 spiro atoms. The Morgan fingerprint density at radius 1 is 1.29 bits per heavy atom. The van der Waals surface area contributed by atoms with Gasteiger partial charge in [0.25, 0.3) is 5.91 Å². The largest absolute Gasteiger partial charge is 0.370 e. The number of sulfonamides is 1. The summed E-state index contributed by atoms with van der Waals surface area (Å²) in [7, 11) is -3.37. The zero-order valence-electron chi connectivity index (χ0n) is 11.9. The fraction of sp³-hybridized carbons (Fsp3) is 0.500. The normalized spacial score (nSPS) is 11.2. The highest BCUT2D eigenvalue weighted by Crippen LogP contribution is 2.16. The van der Waals surface area contributed by atoms with Crippen molar-refractivity contribution in [1.82, 2.24) is 15.0 Å². The number of pyridine rings is 1. The van der Waals surface area contributed by atoms with Crippen molar-refractivity contribution in [3.63, 3.8) is 0 Å². The van der Waals surface area contributed by atoms with Crippen LogP contribution in [-0.2, 0) is 10.0 Å². The number of halogens is 1. The number of nitrogens with zero attached hydrogens (tertiary/aromatic N) is 1. The van der Waals surface area contributed by atoms with Crippen LogP contribution in [0.2, 0.25) is 5.02 Å². The summed E-state index contributed by atoms with van der Waals surface area (Å²) in [5.41, 5.74) is 0.0657. The lowest BCUT2D eigenvalue weighted by atomic mass is 10.3. The van der Waals surface area contributed by atoms with Crippen LogP contribution >= 0.6 is 11.6 Å². The van der Waals surface area contributed by atoms with E-state index in [0.29, 0.717) is 18.9 Å². The molecule has 3 N–H and O–H groups in total. The van der Waals surface area contributed by atoms with E-state index in [9.17, 15) is 13.2 Å². The summed E-state index contributed by atoms with van der Waals surface area (Å²) in [6, 6.07) is 3.23. The second-order valence-electron chi connectivity index (χ2n) is 4.13. The van der Waals surface area contributed by atoms with Gasteiger partial charge >= 0.3 is 0 Å². The van der Waals surface area contributed by atoms with Crippen molar-refractivity contribution >= 4 is 33.3 Å². The minimum Gasteiger partial charge on any atom is -0.370 e. The molecule has 1 rings (SSSR count). The van der Waals surface area contributed by atoms with Crippen molar-refractivity contribution in [2.75, 3.05) is 30.7 Å². The van der Waals surface area contributed by atoms with Gasteiger partial charge in [-0.05, 0) is 19.1 Å². The highest BCUT2D eigenvalue weighted by molar-refractivity contribution is 7.89. The molecule has 1 aromatic heterocycles. The predicted octanol–water partition coefficient (Wildman–Crippen LogP) is 0.836. The lowest BCUT2D eigenvalue weighted by Gasteiger charge is -2.09. The Balaban J connectivity index is 2.65. The van der Waals surface area contributed by atoms with Crippen LogP contribution in [0.25, 0.3) is 0 Å². The zero-order valence-corrected chi connectivity index (χ0v) is 13.5. The molecule has 0 unspecified atom stereocenters. The average Bonchev–Trinajstić information content (AvgIpc) is 2.40. The molecule has 1 aromatic rings. The van der Waals surface area contributed by atoms with Gasteiger partial charge in [-0.1, -0.05) is 18.5 Å². The molecule has 0 aliphatic carbocycles. The fourth-order valence-corrected chi connectivity index (χ4v) is 2.70. The number of amides is 1. The summed E-state index contributed by atoms with van der Waals surface area (Å²) in [5.74, 6) is -0.171. The van der Waals surface area contributed by atoms with Gasteiger partial charge in [-0.25, -0.2) is 18.1 Å². The molecule has 0 radical (unpaired) electrons. The number of anilines is 1. The molecular weight excluding hydrogens is 316 g/mol. The number of aromatic nitrogens is 1. The van der Waals surface area contributed by atoms with Gasteiger partial charge in [0.05, 0.1) is 10.8 Å². The first kappa shape index (κ1) is 17.7. The fourth-order valence-electron chi connectivity index (χ4n) is 1.56. The molecule has 1 amide bonds. The van der Waals surface area contributed by atoms with E-state index >= 15 is 0 Å². The summed E-state index contributed by atoms with van der Waals surface area (Å²) < 4.78 is 25.2. The second-order valence-corrected chi connectivity index (χ2v) is 6.46. The van der Waals surface area contributed by atoms with Crippen LogP contribution in [0.3, 0.4) is 0 Å². The van der Waals surface area contributed by atoms with Gasteiger partial charge < -0.3 is 10.6 Å². The van der Waals surface area contributed by atoms with Crippen LogP contribution in [0.4, 0.5) is 5.82 Å². The van der Waals surface area contributed by atoms with E-state index < -0.39 is 15.9 Å². The van der Waals surface area contributed by atoms with Crippen LogP contribution in [-0.4, -0.2) is 44.7 Å². The van der Waals surface area contributed by atoms with E-state index in [4.69, 9.17) is 11.6 Å². The second kappa shape index (κ2) is 8.16. The van der Waals surface area contributed by atoms with Crippen molar-refractivity contribution in [3.05, 3.63) is 22.8 Å². The van der Waals surface area contributed by atoms with Gasteiger partial charge in [-0.3, -0.25) is 4.79 Å². The van der Waals surface area contributed by atoms with Crippen molar-refractivity contribution in [2.45, 2.75) is 13.8 Å². The molecule has 7 nitrogen and oxygen atoms in total. The van der Waals surface area contributed by atoms with Gasteiger partial charge in [-0.2, -0.15) is 0 Å². The Hall–Kier alpha value is -1.38. The zero-order chi connectivity index (χ0) is 15.9. The van der Waals surface area contributed by atoms with Gasteiger partial charge in [0.2, 0.25) is 10.0 Å². The highest BCUT2D eigenvalue weighted by atomic mass is 35.5. The van der Waals surface area contributed by atoms with Gasteiger partial charge in [0.1, 0.15) is 11.5 Å². The number of nitrogens with one attached hydrogen (secondary N) is 3. The average molecular weight is 335 g/mol. The number of rotatable bonds is 8. The summed E-state index contributed by atoms with van der Waals surface area (Å²) in [6.45, 7) is 4.55. The molecular formula is C12H19ClN4O3S. The number of carbonyl (C=O) groups excluding carboxylic acids is 1. The number of hydrogen-bond acceptors (Lipinski definition) is 5. The molecule has 9 heteroatoms. The molecule has 0 aromatic carbocycles. The monoisotopic (exact) mass is 334 g/mol. The quantitative estimate of drug-likeness (QED) is 0.654. The minimum atomic E-state index is -3.37. The summed E-state index contributed by atoms with van der Waals surface area (Å²) in [6.07, 6.45) is 0. The van der Waals surface area contributed by atoms with E-state index in [-0.39, 0.29) is 23.0 Å². The van der Waals surface area contributed by atoms with Crippen molar-refractivity contribution in [1.29, 1.82) is 0 Å². The standard InChI is InChI=1S/C12H19ClN4O3S/c1-3-14-10-6-5-9(13)11(17-10)12(18)15-7-8-21(19,20)16-4-2/h5-6,16H,3-4,7-8H2,1-2H3,(H,14,17)(H,15,18). The molecule has 1 heterocycles. The maximum Gasteiger partial charge on any atom is 0.271 e. The SMILES string of the molecule is CCNc1ccc(Cl)c(C(=O)NCCS(=O)(=O)NCC)n1. The third kappa shape index (κ3) is 5.86. The maximum absolute atomic E-state index is 12.0. The van der Waals surface area contributed by atoms with E-state index in [1.165, 1.54) is 0 Å². The van der Waals surface area contributed by atoms with Gasteiger partial charge in [0, 0.05) is 19.6 Å². The molecule has 21 heavy (non-hydrogen) atoms. The van der Waals surface area contributed by atoms with E-state index in [1.807, 2.05) is 6.92 Å². The van der Waals surface area contributed by atoms with Crippen LogP contribution in [0.5, 0.6) is 0 Å². The number of hydrogen-bond donors (Lipinski definition) is 3. The minimum absolute atomic E-state index is 0.0163. The summed E-state index contributed by atoms with van der Waals surface area (Å²) >= 11 is 5.93. The number of carbonyl (C=O) groups is 1. The van der Waals surface area contributed by atoms with Crippen LogP contribution in [0, 0.1) is 0 Å². The highest BCUT2D eigenvalue weighted by Gasteiger charge is 2.14. The van der Waals surface area contributed by atoms with Gasteiger partial charge in [0.15, 0.2) is 0 Å². The van der Waals surface area contributed by atoms with Crippen LogP contribution < -0.4 is 15.4 Å². The Labute approximate surface area is 129 Å². The van der Waals surface area contributed by atoms with Crippen LogP contribution in [0.1, 0.15) is 24.3 Å². The van der Waals surface area contributed by atoms with Crippen molar-refractivity contribution in [2.24, 2.45) is 0 Å². The Bertz CT molecular complexity index is 592. The molecule has 0 saturated carbocycles. The van der Waals surface area contributed by atoms with Crippen LogP contribution in [0.15, 0.2) is 12.1 Å². The summed E-state index contributed by atoms with van der Waals surface area (Å²) in [5, 5.41) is 5.67. The smallest absolute Gasteiger partial charge is 0.271 e. The molecule has 0 fully saturated rings. The maximum atomic E-state index is 12.0. The topological polar surface area (TPSA) is 100 Å². The Morgan fingerprint density at radius 3 is 2.62 bits per heavy atom. The Kier molecular flexibility index (Phi) is 6.86. The van der Waals surface area contributed by atoms with Crippen molar-refractivity contribution < 1.29 is 13.2 Å². The molecule has 0 bridgehead atoms. The van der Waals surface area contributed by atoms with E-state index in [2.05, 4.69) is 20.3 Å². The predicted molar refractivity (Wildman–Crippen MR) is 83.2 cm³/mol. The summed E-state index contributed by atoms with van der Waals surface area (Å²) in [4.78, 5) is 16.1. The lowest BCUT2D eigenvalue weighted by molar-refractivity contribution is 0.0951.